The van der Waals surface area contributed by atoms with E-state index in [-0.39, 0.29) is 22.6 Å². The van der Waals surface area contributed by atoms with Crippen LogP contribution in [0.15, 0.2) is 60.7 Å². The summed E-state index contributed by atoms with van der Waals surface area (Å²) in [5, 5.41) is 20.0. The lowest BCUT2D eigenvalue weighted by Crippen LogP contribution is -2.21. The summed E-state index contributed by atoms with van der Waals surface area (Å²) in [6.07, 6.45) is 3.40. The number of nitrogens with zero attached hydrogens (tertiary/aromatic N) is 6. The molecule has 2 aliphatic rings. The van der Waals surface area contributed by atoms with Crippen LogP contribution in [0, 0.1) is 5.39 Å². The Labute approximate surface area is 134 Å². The second kappa shape index (κ2) is 5.98. The lowest BCUT2D eigenvalue weighted by atomic mass is 9.89. The van der Waals surface area contributed by atoms with Crippen LogP contribution in [0.5, 0.6) is 0 Å². The number of allylic oxidation sites excluding steroid dienone is 6. The quantitative estimate of drug-likeness (QED) is 0.319. The molecule has 0 saturated heterocycles. The maximum absolute atomic E-state index is 11.3. The number of rotatable bonds is 3. The maximum atomic E-state index is 11.3. The molecule has 2 N–H and O–H groups in total. The Balaban J connectivity index is 2.84. The molecule has 0 atom stereocenters. The maximum Gasteiger partial charge on any atom is 0.339 e. The van der Waals surface area contributed by atoms with E-state index in [0.29, 0.717) is 0 Å². The Kier molecular flexibility index (Phi) is 4.36. The molecule has 0 heterocycles. The fourth-order valence-electron chi connectivity index (χ4n) is 1.93. The number of hydrogen-bond donors (Lipinski definition) is 2. The topological polar surface area (TPSA) is 196 Å². The molecule has 0 unspecified atom stereocenters. The molecular formula is C10H6N6O6S2. The molecule has 0 radical (unpaired) electrons. The highest BCUT2D eigenvalue weighted by Crippen LogP contribution is 2.31. The molecule has 2 aliphatic carbocycles. The first-order valence-electron chi connectivity index (χ1n) is 5.75. The summed E-state index contributed by atoms with van der Waals surface area (Å²) in [6.45, 7) is 0. The highest BCUT2D eigenvalue weighted by molar-refractivity contribution is 7.90. The number of fused-ring (bicyclic) bond motifs is 1. The zero-order chi connectivity index (χ0) is 18.1. The third-order valence-electron chi connectivity index (χ3n) is 2.87. The number of diazo groups is 1. The standard InChI is InChI=1S/C10H6N6O6S2/c11-15-13-9-4-6(24(20,21)22)2-8-7(9)1-5(23(17,18)19)3-10(8)14-16-12/h1-4H,(H,17,18,19)(H,20,21,22). The minimum atomic E-state index is -4.69. The van der Waals surface area contributed by atoms with Crippen molar-refractivity contribution in [1.29, 1.82) is 5.39 Å². The van der Waals surface area contributed by atoms with Gasteiger partial charge in [0.1, 0.15) is 0 Å². The van der Waals surface area contributed by atoms with Gasteiger partial charge in [0.15, 0.2) is 10.8 Å². The van der Waals surface area contributed by atoms with Crippen molar-refractivity contribution >= 4 is 31.7 Å². The Bertz CT molecular complexity index is 1070. The van der Waals surface area contributed by atoms with Gasteiger partial charge in [-0.05, 0) is 35.6 Å². The van der Waals surface area contributed by atoms with Crippen LogP contribution in [-0.2, 0) is 20.2 Å². The molecule has 2 rings (SSSR count). The highest BCUT2D eigenvalue weighted by Gasteiger charge is 2.30. The van der Waals surface area contributed by atoms with Crippen LogP contribution in [0.1, 0.15) is 0 Å². The van der Waals surface area contributed by atoms with Gasteiger partial charge in [-0.25, -0.2) is 0 Å². The molecule has 0 aromatic heterocycles. The molecule has 0 amide bonds. The Morgan fingerprint density at radius 1 is 0.917 bits per heavy atom. The van der Waals surface area contributed by atoms with Crippen LogP contribution < -0.4 is 0 Å². The van der Waals surface area contributed by atoms with E-state index in [1.54, 1.807) is 0 Å². The fraction of sp³-hybridized carbons (Fsp3) is 0. The lowest BCUT2D eigenvalue weighted by molar-refractivity contribution is 0.489. The van der Waals surface area contributed by atoms with Crippen molar-refractivity contribution in [3.05, 3.63) is 55.9 Å². The Morgan fingerprint density at radius 3 is 1.79 bits per heavy atom. The van der Waals surface area contributed by atoms with Gasteiger partial charge in [-0.2, -0.15) is 16.8 Å². The summed E-state index contributed by atoms with van der Waals surface area (Å²) in [6, 6.07) is 0. The minimum absolute atomic E-state index is 0.113. The molecule has 12 nitrogen and oxygen atoms in total. The predicted molar refractivity (Wildman–Crippen MR) is 81.2 cm³/mol. The fourth-order valence-corrected chi connectivity index (χ4v) is 2.99. The summed E-state index contributed by atoms with van der Waals surface area (Å²) in [7, 11) is -9.38. The molecule has 0 bridgehead atoms. The highest BCUT2D eigenvalue weighted by atomic mass is 32.2. The van der Waals surface area contributed by atoms with Gasteiger partial charge in [0.25, 0.3) is 25.6 Å². The third-order valence-corrected chi connectivity index (χ3v) is 4.54. The second-order valence-corrected chi connectivity index (χ2v) is 7.15. The summed E-state index contributed by atoms with van der Waals surface area (Å²) in [5.41, 5.74) is 7.63. The second-order valence-electron chi connectivity index (χ2n) is 4.31. The first kappa shape index (κ1) is 17.5. The smallest absolute Gasteiger partial charge is 0.339 e. The van der Waals surface area contributed by atoms with Crippen LogP contribution in [-0.4, -0.2) is 37.4 Å². The molecule has 24 heavy (non-hydrogen) atoms. The van der Waals surface area contributed by atoms with Gasteiger partial charge in [0.2, 0.25) is 0 Å². The molecule has 0 aromatic carbocycles. The molecule has 0 saturated carbocycles. The average molecular weight is 370 g/mol. The van der Waals surface area contributed by atoms with Crippen LogP contribution in [0.4, 0.5) is 0 Å². The van der Waals surface area contributed by atoms with E-state index in [9.17, 15) is 16.8 Å². The van der Waals surface area contributed by atoms with Crippen LogP contribution in [0.2, 0.25) is 0 Å². The SMILES string of the molecule is N#[N+]N=C1C=C(S(=O)(=O)O)C=C2C1=CC(S(=O)(=O)O)=CC2=NN=[N-]. The summed E-state index contributed by atoms with van der Waals surface area (Å²) in [4.78, 5) is -1.32. The van der Waals surface area contributed by atoms with Gasteiger partial charge < -0.3 is 10.6 Å². The van der Waals surface area contributed by atoms with Crippen LogP contribution in [0.25, 0.3) is 10.6 Å². The van der Waals surface area contributed by atoms with Crippen LogP contribution in [0.3, 0.4) is 0 Å². The van der Waals surface area contributed by atoms with E-state index in [1.807, 2.05) is 0 Å². The molecule has 14 heteroatoms. The normalized spacial score (nSPS) is 21.2. The monoisotopic (exact) mass is 370 g/mol. The summed E-state index contributed by atoms with van der Waals surface area (Å²) < 4.78 is 63.5. The van der Waals surface area contributed by atoms with E-state index in [0.717, 1.165) is 24.3 Å². The van der Waals surface area contributed by atoms with Crippen LogP contribution >= 0.6 is 0 Å². The minimum Gasteiger partial charge on any atom is -0.362 e. The van der Waals surface area contributed by atoms with Crippen molar-refractivity contribution in [2.24, 2.45) is 15.4 Å². The van der Waals surface area contributed by atoms with Crippen molar-refractivity contribution in [1.82, 2.24) is 0 Å². The first-order chi connectivity index (χ1) is 11.1. The van der Waals surface area contributed by atoms with E-state index in [1.165, 1.54) is 0 Å². The predicted octanol–water partition coefficient (Wildman–Crippen LogP) is 0.996. The van der Waals surface area contributed by atoms with Crippen molar-refractivity contribution in [2.45, 2.75) is 0 Å². The van der Waals surface area contributed by atoms with Crippen molar-refractivity contribution in [2.75, 3.05) is 0 Å². The van der Waals surface area contributed by atoms with E-state index in [4.69, 9.17) is 20.0 Å². The van der Waals surface area contributed by atoms with Gasteiger partial charge >= 0.3 is 5.08 Å². The Hall–Kier alpha value is -2.86. The lowest BCUT2D eigenvalue weighted by Gasteiger charge is -2.22. The summed E-state index contributed by atoms with van der Waals surface area (Å²) >= 11 is 0. The molecule has 0 aromatic rings. The summed E-state index contributed by atoms with van der Waals surface area (Å²) in [5.74, 6) is 0. The van der Waals surface area contributed by atoms with Gasteiger partial charge in [-0.1, -0.05) is 0 Å². The Morgan fingerprint density at radius 2 is 1.38 bits per heavy atom. The van der Waals surface area contributed by atoms with E-state index >= 15 is 0 Å². The van der Waals surface area contributed by atoms with Gasteiger partial charge in [-0.3, -0.25) is 14.3 Å². The van der Waals surface area contributed by atoms with E-state index in [2.05, 4.69) is 20.5 Å². The first-order valence-corrected chi connectivity index (χ1v) is 8.63. The number of hydrogen-bond acceptors (Lipinski definition) is 7. The molecule has 124 valence electrons. The molecule has 0 spiro atoms. The van der Waals surface area contributed by atoms with Gasteiger partial charge in [-0.15, -0.1) is 0 Å². The molecular weight excluding hydrogens is 364 g/mol. The zero-order valence-corrected chi connectivity index (χ0v) is 13.0. The molecule has 0 fully saturated rings. The van der Waals surface area contributed by atoms with Crippen molar-refractivity contribution in [3.63, 3.8) is 0 Å². The van der Waals surface area contributed by atoms with Crippen molar-refractivity contribution < 1.29 is 25.9 Å². The van der Waals surface area contributed by atoms with Gasteiger partial charge in [0, 0.05) is 5.57 Å². The third kappa shape index (κ3) is 3.38. The van der Waals surface area contributed by atoms with Crippen molar-refractivity contribution in [3.8, 4) is 0 Å². The van der Waals surface area contributed by atoms with Gasteiger partial charge in [0.05, 0.1) is 9.81 Å². The molecule has 0 aliphatic heterocycles. The zero-order valence-electron chi connectivity index (χ0n) is 11.3. The average Bonchev–Trinajstić information content (AvgIpc) is 2.46. The van der Waals surface area contributed by atoms with E-state index < -0.39 is 30.0 Å². The largest absolute Gasteiger partial charge is 0.362 e.